The Labute approximate surface area is 101 Å². The zero-order valence-corrected chi connectivity index (χ0v) is 10.6. The topological polar surface area (TPSA) is 40.5 Å². The van der Waals surface area contributed by atoms with E-state index in [-0.39, 0.29) is 0 Å². The summed E-state index contributed by atoms with van der Waals surface area (Å²) < 4.78 is 0. The molecule has 90 valence electrons. The van der Waals surface area contributed by atoms with Gasteiger partial charge in [0, 0.05) is 10.8 Å². The van der Waals surface area contributed by atoms with Crippen LogP contribution in [0.1, 0.15) is 32.1 Å². The van der Waals surface area contributed by atoms with Crippen molar-refractivity contribution < 1.29 is 9.90 Å². The Bertz CT molecular complexity index is 306. The van der Waals surface area contributed by atoms with Crippen LogP contribution >= 0.6 is 11.8 Å². The van der Waals surface area contributed by atoms with E-state index in [1.807, 2.05) is 11.8 Å². The fraction of sp³-hybridized carbons (Fsp3) is 0.750. The van der Waals surface area contributed by atoms with Crippen LogP contribution in [-0.4, -0.2) is 41.4 Å². The Kier molecular flexibility index (Phi) is 3.92. The quantitative estimate of drug-likeness (QED) is 0.823. The molecule has 1 fully saturated rings. The summed E-state index contributed by atoms with van der Waals surface area (Å²) in [6, 6.07) is 0. The first-order valence-electron chi connectivity index (χ1n) is 5.97. The molecule has 1 heterocycles. The van der Waals surface area contributed by atoms with Crippen molar-refractivity contribution >= 4 is 17.7 Å². The van der Waals surface area contributed by atoms with Gasteiger partial charge in [-0.15, -0.1) is 11.8 Å². The highest BCUT2D eigenvalue weighted by molar-refractivity contribution is 8.03. The van der Waals surface area contributed by atoms with Gasteiger partial charge < -0.3 is 10.0 Å². The number of allylic oxidation sites excluding steroid dienone is 1. The van der Waals surface area contributed by atoms with Crippen LogP contribution in [0, 0.1) is 0 Å². The van der Waals surface area contributed by atoms with Gasteiger partial charge in [-0.05, 0) is 57.1 Å². The highest BCUT2D eigenvalue weighted by atomic mass is 32.2. The number of carboxylic acids is 1. The van der Waals surface area contributed by atoms with Gasteiger partial charge in [-0.1, -0.05) is 0 Å². The highest BCUT2D eigenvalue weighted by Gasteiger charge is 2.25. The molecule has 0 atom stereocenters. The molecule has 4 heteroatoms. The minimum absolute atomic E-state index is 0.638. The van der Waals surface area contributed by atoms with Crippen LogP contribution in [0.2, 0.25) is 0 Å². The van der Waals surface area contributed by atoms with E-state index in [1.54, 1.807) is 0 Å². The molecule has 1 saturated heterocycles. The van der Waals surface area contributed by atoms with Crippen LogP contribution in [0.4, 0.5) is 0 Å². The SMILES string of the molecule is CN1CCC(SC2=C(C(=O)O)CCC2)CC1. The second-order valence-electron chi connectivity index (χ2n) is 4.68. The molecular weight excluding hydrogens is 222 g/mol. The summed E-state index contributed by atoms with van der Waals surface area (Å²) in [4.78, 5) is 14.5. The zero-order valence-electron chi connectivity index (χ0n) is 9.74. The molecule has 3 nitrogen and oxygen atoms in total. The highest BCUT2D eigenvalue weighted by Crippen LogP contribution is 2.39. The lowest BCUT2D eigenvalue weighted by Gasteiger charge is -2.28. The lowest BCUT2D eigenvalue weighted by molar-refractivity contribution is -0.132. The van der Waals surface area contributed by atoms with Crippen molar-refractivity contribution in [2.24, 2.45) is 0 Å². The molecule has 0 bridgehead atoms. The van der Waals surface area contributed by atoms with Gasteiger partial charge in [-0.3, -0.25) is 0 Å². The summed E-state index contributed by atoms with van der Waals surface area (Å²) in [7, 11) is 2.15. The molecule has 0 spiro atoms. The number of likely N-dealkylation sites (tertiary alicyclic amines) is 1. The van der Waals surface area contributed by atoms with Crippen molar-refractivity contribution in [1.82, 2.24) is 4.90 Å². The van der Waals surface area contributed by atoms with Crippen molar-refractivity contribution in [1.29, 1.82) is 0 Å². The summed E-state index contributed by atoms with van der Waals surface area (Å²) in [6.45, 7) is 2.29. The van der Waals surface area contributed by atoms with Gasteiger partial charge in [0.25, 0.3) is 0 Å². The van der Waals surface area contributed by atoms with Gasteiger partial charge in [-0.2, -0.15) is 0 Å². The van der Waals surface area contributed by atoms with E-state index >= 15 is 0 Å². The maximum absolute atomic E-state index is 11.0. The molecule has 16 heavy (non-hydrogen) atoms. The van der Waals surface area contributed by atoms with Gasteiger partial charge in [-0.25, -0.2) is 4.79 Å². The van der Waals surface area contributed by atoms with Crippen LogP contribution in [0.25, 0.3) is 0 Å². The Balaban J connectivity index is 1.93. The summed E-state index contributed by atoms with van der Waals surface area (Å²) in [6.07, 6.45) is 5.16. The summed E-state index contributed by atoms with van der Waals surface area (Å²) >= 11 is 1.84. The predicted octanol–water partition coefficient (Wildman–Crippen LogP) is 2.34. The minimum Gasteiger partial charge on any atom is -0.478 e. The lowest BCUT2D eigenvalue weighted by Crippen LogP contribution is -2.31. The molecule has 0 aromatic carbocycles. The molecule has 0 saturated carbocycles. The van der Waals surface area contributed by atoms with Gasteiger partial charge in [0.1, 0.15) is 0 Å². The minimum atomic E-state index is -0.701. The lowest BCUT2D eigenvalue weighted by atomic mass is 10.1. The number of carboxylic acid groups (broad SMARTS) is 1. The van der Waals surface area contributed by atoms with Crippen LogP contribution < -0.4 is 0 Å². The van der Waals surface area contributed by atoms with Crippen LogP contribution in [0.15, 0.2) is 10.5 Å². The third-order valence-corrected chi connectivity index (χ3v) is 4.94. The van der Waals surface area contributed by atoms with E-state index < -0.39 is 5.97 Å². The molecule has 1 aliphatic carbocycles. The first-order chi connectivity index (χ1) is 7.66. The fourth-order valence-electron chi connectivity index (χ4n) is 2.38. The molecule has 2 rings (SSSR count). The van der Waals surface area contributed by atoms with E-state index in [1.165, 1.54) is 12.8 Å². The monoisotopic (exact) mass is 241 g/mol. The number of nitrogens with zero attached hydrogens (tertiary/aromatic N) is 1. The maximum atomic E-state index is 11.0. The number of hydrogen-bond donors (Lipinski definition) is 1. The van der Waals surface area contributed by atoms with Crippen LogP contribution in [0.3, 0.4) is 0 Å². The third-order valence-electron chi connectivity index (χ3n) is 3.40. The Morgan fingerprint density at radius 2 is 2.06 bits per heavy atom. The molecule has 0 radical (unpaired) electrons. The summed E-state index contributed by atoms with van der Waals surface area (Å²) in [5.41, 5.74) is 0.684. The number of thioether (sulfide) groups is 1. The Morgan fingerprint density at radius 3 is 2.69 bits per heavy atom. The van der Waals surface area contributed by atoms with Gasteiger partial charge in [0.15, 0.2) is 0 Å². The molecule has 0 amide bonds. The van der Waals surface area contributed by atoms with Crippen molar-refractivity contribution in [2.45, 2.75) is 37.4 Å². The van der Waals surface area contributed by atoms with Crippen molar-refractivity contribution in [3.63, 3.8) is 0 Å². The number of aliphatic carboxylic acids is 1. The van der Waals surface area contributed by atoms with Gasteiger partial charge >= 0.3 is 5.97 Å². The second kappa shape index (κ2) is 5.23. The normalized spacial score (nSPS) is 24.1. The van der Waals surface area contributed by atoms with E-state index in [0.29, 0.717) is 10.8 Å². The predicted molar refractivity (Wildman–Crippen MR) is 66.6 cm³/mol. The molecule has 0 unspecified atom stereocenters. The average Bonchev–Trinajstić information content (AvgIpc) is 2.69. The van der Waals surface area contributed by atoms with Crippen LogP contribution in [0.5, 0.6) is 0 Å². The molecule has 0 aromatic heterocycles. The average molecular weight is 241 g/mol. The Morgan fingerprint density at radius 1 is 1.38 bits per heavy atom. The van der Waals surface area contributed by atoms with E-state index in [2.05, 4.69) is 11.9 Å². The number of carbonyl (C=O) groups is 1. The van der Waals surface area contributed by atoms with E-state index in [9.17, 15) is 4.79 Å². The summed E-state index contributed by atoms with van der Waals surface area (Å²) in [5.74, 6) is -0.701. The second-order valence-corrected chi connectivity index (χ2v) is 6.08. The molecule has 1 N–H and O–H groups in total. The Hall–Kier alpha value is -0.480. The van der Waals surface area contributed by atoms with E-state index in [0.717, 1.165) is 37.3 Å². The van der Waals surface area contributed by atoms with Gasteiger partial charge in [0.2, 0.25) is 0 Å². The van der Waals surface area contributed by atoms with Crippen LogP contribution in [-0.2, 0) is 4.79 Å². The third kappa shape index (κ3) is 2.80. The molecular formula is C12H19NO2S. The molecule has 0 aromatic rings. The van der Waals surface area contributed by atoms with Gasteiger partial charge in [0.05, 0.1) is 0 Å². The number of piperidine rings is 1. The standard InChI is InChI=1S/C12H19NO2S/c1-13-7-5-9(6-8-13)16-11-4-2-3-10(11)12(14)15/h9H,2-8H2,1H3,(H,14,15). The smallest absolute Gasteiger partial charge is 0.332 e. The molecule has 2 aliphatic rings. The first kappa shape index (κ1) is 12.0. The van der Waals surface area contributed by atoms with Crippen molar-refractivity contribution in [2.75, 3.05) is 20.1 Å². The largest absolute Gasteiger partial charge is 0.478 e. The van der Waals surface area contributed by atoms with Crippen molar-refractivity contribution in [3.05, 3.63) is 10.5 Å². The van der Waals surface area contributed by atoms with Crippen molar-refractivity contribution in [3.8, 4) is 0 Å². The maximum Gasteiger partial charge on any atom is 0.332 e. The molecule has 1 aliphatic heterocycles. The zero-order chi connectivity index (χ0) is 11.5. The first-order valence-corrected chi connectivity index (χ1v) is 6.85. The van der Waals surface area contributed by atoms with E-state index in [4.69, 9.17) is 5.11 Å². The number of rotatable bonds is 3. The summed E-state index contributed by atoms with van der Waals surface area (Å²) in [5, 5.41) is 9.71. The fourth-order valence-corrected chi connectivity index (χ4v) is 3.82. The number of hydrogen-bond acceptors (Lipinski definition) is 3.